The molecule has 0 atom stereocenters. The number of hydrogen-bond donors (Lipinski definition) is 0. The molecule has 0 saturated carbocycles. The van der Waals surface area contributed by atoms with Crippen LogP contribution in [0.2, 0.25) is 0 Å². The average Bonchev–Trinajstić information content (AvgIpc) is 3.35. The summed E-state index contributed by atoms with van der Waals surface area (Å²) in [5, 5.41) is 0. The van der Waals surface area contributed by atoms with Crippen molar-refractivity contribution in [2.75, 3.05) is 26.7 Å². The van der Waals surface area contributed by atoms with Crippen LogP contribution in [0.1, 0.15) is 30.2 Å². The summed E-state index contributed by atoms with van der Waals surface area (Å²) in [4.78, 5) is 29.7. The number of ether oxygens (including phenoxy) is 1. The van der Waals surface area contributed by atoms with Gasteiger partial charge in [-0.2, -0.15) is 0 Å². The maximum Gasteiger partial charge on any atom is 0.242 e. The van der Waals surface area contributed by atoms with Crippen molar-refractivity contribution in [1.82, 2.24) is 9.80 Å². The Labute approximate surface area is 195 Å². The number of hydrogen-bond acceptors (Lipinski definition) is 4. The molecule has 0 unspecified atom stereocenters. The molecule has 0 aliphatic heterocycles. The first-order valence-corrected chi connectivity index (χ1v) is 11.3. The van der Waals surface area contributed by atoms with Gasteiger partial charge in [-0.1, -0.05) is 49.4 Å². The van der Waals surface area contributed by atoms with Crippen molar-refractivity contribution in [3.8, 4) is 5.75 Å². The van der Waals surface area contributed by atoms with Crippen molar-refractivity contribution in [2.45, 2.75) is 32.7 Å². The molecule has 1 heterocycles. The third-order valence-electron chi connectivity index (χ3n) is 5.48. The Kier molecular flexibility index (Phi) is 9.12. The van der Waals surface area contributed by atoms with E-state index in [4.69, 9.17) is 9.15 Å². The third kappa shape index (κ3) is 7.52. The molecule has 2 amide bonds. The van der Waals surface area contributed by atoms with E-state index >= 15 is 0 Å². The lowest BCUT2D eigenvalue weighted by Crippen LogP contribution is -2.44. The second-order valence-corrected chi connectivity index (χ2v) is 7.97. The molecule has 6 heteroatoms. The number of carbonyl (C=O) groups excluding carboxylic acids is 2. The minimum atomic E-state index is -0.0844. The van der Waals surface area contributed by atoms with Crippen LogP contribution >= 0.6 is 0 Å². The van der Waals surface area contributed by atoms with Gasteiger partial charge in [-0.05, 0) is 48.2 Å². The number of rotatable bonds is 12. The Bertz CT molecular complexity index is 985. The summed E-state index contributed by atoms with van der Waals surface area (Å²) in [5.41, 5.74) is 2.06. The molecule has 0 saturated heterocycles. The van der Waals surface area contributed by atoms with Gasteiger partial charge in [-0.15, -0.1) is 0 Å². The predicted octanol–water partition coefficient (Wildman–Crippen LogP) is 4.34. The van der Waals surface area contributed by atoms with E-state index < -0.39 is 0 Å². The highest BCUT2D eigenvalue weighted by Crippen LogP contribution is 2.14. The fourth-order valence-corrected chi connectivity index (χ4v) is 3.65. The Morgan fingerprint density at radius 2 is 1.61 bits per heavy atom. The first-order chi connectivity index (χ1) is 16.1. The molecule has 2 aromatic carbocycles. The normalized spacial score (nSPS) is 10.6. The Balaban J connectivity index is 1.66. The molecule has 3 rings (SSSR count). The summed E-state index contributed by atoms with van der Waals surface area (Å²) in [5.74, 6) is 1.33. The van der Waals surface area contributed by atoms with E-state index in [9.17, 15) is 9.59 Å². The van der Waals surface area contributed by atoms with Gasteiger partial charge in [0.15, 0.2) is 0 Å². The number of methoxy groups -OCH3 is 1. The standard InChI is InChI=1S/C27H32N2O4/c1-3-16-28(26(30)19-23-11-13-24(32-2)14-12-23)21-27(31)29(20-25-10-7-18-33-25)17-15-22-8-5-4-6-9-22/h4-14,18H,3,15-17,19-21H2,1-2H3. The first-order valence-electron chi connectivity index (χ1n) is 11.3. The van der Waals surface area contributed by atoms with Crippen LogP contribution < -0.4 is 4.74 Å². The number of furan rings is 1. The van der Waals surface area contributed by atoms with Gasteiger partial charge in [-0.25, -0.2) is 0 Å². The smallest absolute Gasteiger partial charge is 0.242 e. The average molecular weight is 449 g/mol. The van der Waals surface area contributed by atoms with Gasteiger partial charge in [0.2, 0.25) is 11.8 Å². The van der Waals surface area contributed by atoms with Gasteiger partial charge < -0.3 is 19.0 Å². The molecule has 0 radical (unpaired) electrons. The van der Waals surface area contributed by atoms with Gasteiger partial charge in [0.1, 0.15) is 11.5 Å². The topological polar surface area (TPSA) is 63.0 Å². The maximum absolute atomic E-state index is 13.3. The minimum absolute atomic E-state index is 0.0539. The molecule has 0 fully saturated rings. The lowest BCUT2D eigenvalue weighted by Gasteiger charge is -2.27. The Morgan fingerprint density at radius 1 is 0.848 bits per heavy atom. The van der Waals surface area contributed by atoms with Crippen molar-refractivity contribution in [3.63, 3.8) is 0 Å². The van der Waals surface area contributed by atoms with E-state index in [1.54, 1.807) is 23.2 Å². The van der Waals surface area contributed by atoms with Gasteiger partial charge in [0.05, 0.1) is 32.9 Å². The molecule has 0 N–H and O–H groups in total. The highest BCUT2D eigenvalue weighted by Gasteiger charge is 2.22. The number of benzene rings is 2. The summed E-state index contributed by atoms with van der Waals surface area (Å²) in [7, 11) is 1.61. The highest BCUT2D eigenvalue weighted by atomic mass is 16.5. The first kappa shape index (κ1) is 24.1. The molecule has 0 aliphatic carbocycles. The van der Waals surface area contributed by atoms with Gasteiger partial charge in [-0.3, -0.25) is 9.59 Å². The van der Waals surface area contributed by atoms with Gasteiger partial charge >= 0.3 is 0 Å². The molecular formula is C27H32N2O4. The van der Waals surface area contributed by atoms with E-state index in [1.165, 1.54) is 0 Å². The fraction of sp³-hybridized carbons (Fsp3) is 0.333. The molecule has 1 aromatic heterocycles. The summed E-state index contributed by atoms with van der Waals surface area (Å²) in [6, 6.07) is 21.2. The summed E-state index contributed by atoms with van der Waals surface area (Å²) in [6.45, 7) is 3.53. The zero-order valence-electron chi connectivity index (χ0n) is 19.4. The van der Waals surface area contributed by atoms with Crippen LogP contribution in [0.25, 0.3) is 0 Å². The molecule has 0 spiro atoms. The van der Waals surface area contributed by atoms with Crippen LogP contribution in [0, 0.1) is 0 Å². The second-order valence-electron chi connectivity index (χ2n) is 7.97. The van der Waals surface area contributed by atoms with E-state index in [-0.39, 0.29) is 24.8 Å². The molecule has 3 aromatic rings. The fourth-order valence-electron chi connectivity index (χ4n) is 3.65. The van der Waals surface area contributed by atoms with Crippen molar-refractivity contribution in [3.05, 3.63) is 89.9 Å². The summed E-state index contributed by atoms with van der Waals surface area (Å²) >= 11 is 0. The highest BCUT2D eigenvalue weighted by molar-refractivity contribution is 5.86. The molecule has 33 heavy (non-hydrogen) atoms. The van der Waals surface area contributed by atoms with Crippen LogP contribution in [0.5, 0.6) is 5.75 Å². The largest absolute Gasteiger partial charge is 0.497 e. The van der Waals surface area contributed by atoms with E-state index in [0.717, 1.165) is 35.5 Å². The molecule has 0 bridgehead atoms. The van der Waals surface area contributed by atoms with Crippen molar-refractivity contribution in [2.24, 2.45) is 0 Å². The molecule has 6 nitrogen and oxygen atoms in total. The summed E-state index contributed by atoms with van der Waals surface area (Å²) < 4.78 is 10.7. The Morgan fingerprint density at radius 3 is 2.24 bits per heavy atom. The van der Waals surface area contributed by atoms with Crippen molar-refractivity contribution >= 4 is 11.8 Å². The quantitative estimate of drug-likeness (QED) is 0.414. The van der Waals surface area contributed by atoms with E-state index in [1.807, 2.05) is 61.5 Å². The zero-order valence-corrected chi connectivity index (χ0v) is 19.4. The van der Waals surface area contributed by atoms with Crippen LogP contribution in [-0.2, 0) is 29.0 Å². The zero-order chi connectivity index (χ0) is 23.5. The van der Waals surface area contributed by atoms with Crippen molar-refractivity contribution < 1.29 is 18.7 Å². The summed E-state index contributed by atoms with van der Waals surface area (Å²) in [6.07, 6.45) is 3.38. The monoisotopic (exact) mass is 448 g/mol. The van der Waals surface area contributed by atoms with Gasteiger partial charge in [0, 0.05) is 13.1 Å². The van der Waals surface area contributed by atoms with E-state index in [0.29, 0.717) is 19.6 Å². The number of carbonyl (C=O) groups is 2. The second kappa shape index (κ2) is 12.5. The Hall–Kier alpha value is -3.54. The maximum atomic E-state index is 13.3. The van der Waals surface area contributed by atoms with Gasteiger partial charge in [0.25, 0.3) is 0 Å². The molecule has 174 valence electrons. The van der Waals surface area contributed by atoms with Crippen LogP contribution in [-0.4, -0.2) is 48.4 Å². The molecule has 0 aliphatic rings. The van der Waals surface area contributed by atoms with Crippen LogP contribution in [0.4, 0.5) is 0 Å². The third-order valence-corrected chi connectivity index (χ3v) is 5.48. The number of nitrogens with zero attached hydrogens (tertiary/aromatic N) is 2. The van der Waals surface area contributed by atoms with Crippen molar-refractivity contribution in [1.29, 1.82) is 0 Å². The van der Waals surface area contributed by atoms with E-state index in [2.05, 4.69) is 12.1 Å². The van der Waals surface area contributed by atoms with Crippen LogP contribution in [0.3, 0.4) is 0 Å². The molecular weight excluding hydrogens is 416 g/mol. The lowest BCUT2D eigenvalue weighted by molar-refractivity contribution is -0.140. The minimum Gasteiger partial charge on any atom is -0.497 e. The van der Waals surface area contributed by atoms with Crippen LogP contribution in [0.15, 0.2) is 77.4 Å². The lowest BCUT2D eigenvalue weighted by atomic mass is 10.1. The predicted molar refractivity (Wildman–Crippen MR) is 128 cm³/mol. The SMILES string of the molecule is CCCN(CC(=O)N(CCc1ccccc1)Cc1ccco1)C(=O)Cc1ccc(OC)cc1. The number of amides is 2.